The van der Waals surface area contributed by atoms with Crippen LogP contribution in [0.3, 0.4) is 0 Å². The largest absolute Gasteiger partial charge is 0.381 e. The van der Waals surface area contributed by atoms with Gasteiger partial charge in [0, 0.05) is 85.9 Å². The van der Waals surface area contributed by atoms with Crippen LogP contribution in [0, 0.1) is 11.8 Å². The number of nitrogens with one attached hydrogen (secondary N) is 1. The summed E-state index contributed by atoms with van der Waals surface area (Å²) in [7, 11) is -3.34. The topological polar surface area (TPSA) is 79.7 Å². The van der Waals surface area contributed by atoms with Crippen molar-refractivity contribution in [2.45, 2.75) is 32.5 Å². The minimum absolute atomic E-state index is 0.306. The lowest BCUT2D eigenvalue weighted by atomic mass is 10.0. The SMILES string of the molecule is CS(=O)(=O)N1CCc2c(c(-c3ccc(Cl)c(C#Cc4cccc(CNc5ccccc5)c4)c3)nn2CCCN2CCOCC2)C1. The van der Waals surface area contributed by atoms with Gasteiger partial charge in [0.15, 0.2) is 0 Å². The summed E-state index contributed by atoms with van der Waals surface area (Å²) in [5, 5.41) is 9.06. The lowest BCUT2D eigenvalue weighted by Gasteiger charge is -2.27. The molecular weight excluding hydrogens is 606 g/mol. The predicted octanol–water partition coefficient (Wildman–Crippen LogP) is 5.26. The number of aromatic nitrogens is 2. The molecule has 0 radical (unpaired) electrons. The van der Waals surface area contributed by atoms with E-state index in [2.05, 4.69) is 38.9 Å². The van der Waals surface area contributed by atoms with E-state index in [1.807, 2.05) is 60.7 Å². The van der Waals surface area contributed by atoms with Crippen LogP contribution >= 0.6 is 11.6 Å². The molecule has 2 aliphatic heterocycles. The Morgan fingerprint density at radius 3 is 2.58 bits per heavy atom. The molecule has 1 saturated heterocycles. The van der Waals surface area contributed by atoms with Gasteiger partial charge < -0.3 is 10.1 Å². The van der Waals surface area contributed by atoms with E-state index in [1.54, 1.807) is 0 Å². The number of sulfonamides is 1. The summed E-state index contributed by atoms with van der Waals surface area (Å²) < 4.78 is 34.1. The zero-order valence-electron chi connectivity index (χ0n) is 25.5. The number of nitrogens with zero attached hydrogens (tertiary/aromatic N) is 4. The van der Waals surface area contributed by atoms with Crippen LogP contribution in [0.1, 0.15) is 34.4 Å². The van der Waals surface area contributed by atoms with Gasteiger partial charge in [-0.1, -0.05) is 59.8 Å². The molecule has 2 aliphatic rings. The highest BCUT2D eigenvalue weighted by Crippen LogP contribution is 2.33. The summed E-state index contributed by atoms with van der Waals surface area (Å²) in [5.41, 5.74) is 7.53. The van der Waals surface area contributed by atoms with Gasteiger partial charge in [0.05, 0.1) is 30.2 Å². The van der Waals surface area contributed by atoms with Gasteiger partial charge in [-0.3, -0.25) is 9.58 Å². The molecule has 45 heavy (non-hydrogen) atoms. The standard InChI is InChI=1S/C35H38ClN5O3S/c1-45(42,43)40-18-15-34-32(26-40)35(38-41(34)17-6-16-39-19-21-44-22-20-39)30-13-14-33(36)29(24-30)12-11-27-7-5-8-28(23-27)25-37-31-9-3-2-4-10-31/h2-5,7-10,13-14,23-24,37H,6,15-22,25-26H2,1H3. The number of hydrogen-bond donors (Lipinski definition) is 1. The van der Waals surface area contributed by atoms with Gasteiger partial charge in [-0.2, -0.15) is 9.40 Å². The van der Waals surface area contributed by atoms with E-state index >= 15 is 0 Å². The lowest BCUT2D eigenvalue weighted by molar-refractivity contribution is 0.0368. The smallest absolute Gasteiger partial charge is 0.211 e. The molecule has 3 aromatic carbocycles. The second-order valence-electron chi connectivity index (χ2n) is 11.5. The molecular formula is C35H38ClN5O3S. The quantitative estimate of drug-likeness (QED) is 0.251. The molecule has 3 heterocycles. The van der Waals surface area contributed by atoms with Gasteiger partial charge in [-0.15, -0.1) is 0 Å². The minimum atomic E-state index is -3.34. The van der Waals surface area contributed by atoms with Crippen molar-refractivity contribution in [3.8, 4) is 23.1 Å². The van der Waals surface area contributed by atoms with Crippen molar-refractivity contribution < 1.29 is 13.2 Å². The first-order chi connectivity index (χ1) is 21.8. The van der Waals surface area contributed by atoms with Crippen molar-refractivity contribution in [3.63, 3.8) is 0 Å². The Labute approximate surface area is 271 Å². The van der Waals surface area contributed by atoms with Crippen molar-refractivity contribution in [2.24, 2.45) is 0 Å². The predicted molar refractivity (Wildman–Crippen MR) is 180 cm³/mol. The molecule has 234 valence electrons. The van der Waals surface area contributed by atoms with Crippen molar-refractivity contribution >= 4 is 27.3 Å². The number of rotatable bonds is 9. The fourth-order valence-electron chi connectivity index (χ4n) is 5.86. The monoisotopic (exact) mass is 643 g/mol. The number of hydrogen-bond acceptors (Lipinski definition) is 6. The fourth-order valence-corrected chi connectivity index (χ4v) is 6.81. The Balaban J connectivity index is 1.24. The van der Waals surface area contributed by atoms with Gasteiger partial charge in [0.25, 0.3) is 0 Å². The van der Waals surface area contributed by atoms with Crippen LogP contribution in [-0.4, -0.2) is 73.1 Å². The third kappa shape index (κ3) is 7.96. The second-order valence-corrected chi connectivity index (χ2v) is 13.9. The Bertz CT molecular complexity index is 1810. The molecule has 1 fully saturated rings. The minimum Gasteiger partial charge on any atom is -0.381 e. The molecule has 0 bridgehead atoms. The normalized spacial score (nSPS) is 15.7. The van der Waals surface area contributed by atoms with Crippen LogP contribution in [0.25, 0.3) is 11.3 Å². The number of benzene rings is 3. The average Bonchev–Trinajstić information content (AvgIpc) is 3.42. The van der Waals surface area contributed by atoms with E-state index < -0.39 is 10.0 Å². The van der Waals surface area contributed by atoms with Crippen molar-refractivity contribution in [3.05, 3.63) is 106 Å². The fraction of sp³-hybridized carbons (Fsp3) is 0.343. The summed E-state index contributed by atoms with van der Waals surface area (Å²) in [5.74, 6) is 6.56. The Morgan fingerprint density at radius 2 is 1.78 bits per heavy atom. The van der Waals surface area contributed by atoms with Crippen molar-refractivity contribution in [2.75, 3.05) is 51.0 Å². The van der Waals surface area contributed by atoms with E-state index in [0.29, 0.717) is 36.6 Å². The molecule has 6 rings (SSSR count). The number of halogens is 1. The molecule has 0 atom stereocenters. The van der Waals surface area contributed by atoms with Crippen LogP contribution in [0.2, 0.25) is 5.02 Å². The summed E-state index contributed by atoms with van der Waals surface area (Å²) in [6.45, 7) is 6.67. The number of aryl methyl sites for hydroxylation is 1. The molecule has 0 amide bonds. The third-order valence-electron chi connectivity index (χ3n) is 8.29. The maximum atomic E-state index is 12.5. The summed E-state index contributed by atoms with van der Waals surface area (Å²) in [4.78, 5) is 2.42. The number of ether oxygens (including phenoxy) is 1. The van der Waals surface area contributed by atoms with Crippen LogP contribution < -0.4 is 5.32 Å². The highest BCUT2D eigenvalue weighted by molar-refractivity contribution is 7.88. The molecule has 1 N–H and O–H groups in total. The molecule has 1 aromatic heterocycles. The Morgan fingerprint density at radius 1 is 0.956 bits per heavy atom. The van der Waals surface area contributed by atoms with E-state index in [0.717, 1.165) is 85.1 Å². The molecule has 0 saturated carbocycles. The van der Waals surface area contributed by atoms with Crippen LogP contribution in [-0.2, 0) is 40.8 Å². The van der Waals surface area contributed by atoms with Gasteiger partial charge in [0.2, 0.25) is 10.0 Å². The zero-order valence-corrected chi connectivity index (χ0v) is 27.1. The average molecular weight is 644 g/mol. The van der Waals surface area contributed by atoms with Gasteiger partial charge in [0.1, 0.15) is 0 Å². The summed E-state index contributed by atoms with van der Waals surface area (Å²) >= 11 is 6.63. The number of morpholine rings is 1. The maximum absolute atomic E-state index is 12.5. The Kier molecular flexibility index (Phi) is 9.88. The molecule has 8 nitrogen and oxygen atoms in total. The molecule has 10 heteroatoms. The van der Waals surface area contributed by atoms with Crippen LogP contribution in [0.4, 0.5) is 5.69 Å². The molecule has 0 spiro atoms. The highest BCUT2D eigenvalue weighted by Gasteiger charge is 2.30. The number of fused-ring (bicyclic) bond motifs is 1. The van der Waals surface area contributed by atoms with E-state index in [9.17, 15) is 8.42 Å². The van der Waals surface area contributed by atoms with Crippen molar-refractivity contribution in [1.82, 2.24) is 19.0 Å². The summed E-state index contributed by atoms with van der Waals surface area (Å²) in [6, 6.07) is 24.0. The summed E-state index contributed by atoms with van der Waals surface area (Å²) in [6.07, 6.45) is 2.86. The second kappa shape index (κ2) is 14.2. The van der Waals surface area contributed by atoms with Gasteiger partial charge in [-0.05, 0) is 48.4 Å². The van der Waals surface area contributed by atoms with Crippen LogP contribution in [0.5, 0.6) is 0 Å². The van der Waals surface area contributed by atoms with E-state index in [1.165, 1.54) is 10.6 Å². The molecule has 0 aliphatic carbocycles. The number of para-hydroxylation sites is 1. The lowest BCUT2D eigenvalue weighted by Crippen LogP contribution is -2.37. The highest BCUT2D eigenvalue weighted by atomic mass is 35.5. The molecule has 4 aromatic rings. The number of anilines is 1. The maximum Gasteiger partial charge on any atom is 0.211 e. The first-order valence-corrected chi connectivity index (χ1v) is 17.6. The zero-order chi connectivity index (χ0) is 31.2. The molecule has 0 unspecified atom stereocenters. The van der Waals surface area contributed by atoms with E-state index in [-0.39, 0.29) is 0 Å². The first-order valence-electron chi connectivity index (χ1n) is 15.4. The van der Waals surface area contributed by atoms with E-state index in [4.69, 9.17) is 21.4 Å². The van der Waals surface area contributed by atoms with Gasteiger partial charge in [-0.25, -0.2) is 8.42 Å². The van der Waals surface area contributed by atoms with Gasteiger partial charge >= 0.3 is 0 Å². The third-order valence-corrected chi connectivity index (χ3v) is 9.87. The Hall–Kier alpha value is -3.65. The van der Waals surface area contributed by atoms with Crippen molar-refractivity contribution in [1.29, 1.82) is 0 Å². The first kappa shape index (κ1) is 31.3. The van der Waals surface area contributed by atoms with Crippen LogP contribution in [0.15, 0.2) is 72.8 Å².